The van der Waals surface area contributed by atoms with Crippen LogP contribution >= 0.6 is 0 Å². The van der Waals surface area contributed by atoms with Crippen molar-refractivity contribution in [3.63, 3.8) is 0 Å². The highest BCUT2D eigenvalue weighted by Crippen LogP contribution is 2.19. The van der Waals surface area contributed by atoms with Crippen molar-refractivity contribution in [2.24, 2.45) is 0 Å². The second kappa shape index (κ2) is 19.7. The summed E-state index contributed by atoms with van der Waals surface area (Å²) in [6.07, 6.45) is 17.1. The molecule has 0 aromatic heterocycles. The van der Waals surface area contributed by atoms with Crippen LogP contribution in [0, 0.1) is 0 Å². The zero-order valence-electron chi connectivity index (χ0n) is 18.7. The first-order chi connectivity index (χ1) is 14.0. The summed E-state index contributed by atoms with van der Waals surface area (Å²) in [6, 6.07) is 0. The predicted octanol–water partition coefficient (Wildman–Crippen LogP) is 5.92. The van der Waals surface area contributed by atoms with Crippen molar-refractivity contribution in [2.45, 2.75) is 96.5 Å². The zero-order chi connectivity index (χ0) is 21.7. The first kappa shape index (κ1) is 27.4. The second-order valence-electron chi connectivity index (χ2n) is 7.49. The molecule has 0 saturated carbocycles. The van der Waals surface area contributed by atoms with Crippen LogP contribution in [0.4, 0.5) is 0 Å². The Morgan fingerprint density at radius 1 is 1.03 bits per heavy atom. The van der Waals surface area contributed by atoms with Crippen LogP contribution in [0.2, 0.25) is 0 Å². The van der Waals surface area contributed by atoms with Gasteiger partial charge >= 0.3 is 11.9 Å². The van der Waals surface area contributed by atoms with Crippen molar-refractivity contribution in [3.05, 3.63) is 24.8 Å². The molecule has 1 fully saturated rings. The molecule has 1 aliphatic heterocycles. The van der Waals surface area contributed by atoms with Crippen LogP contribution in [0.15, 0.2) is 24.8 Å². The zero-order valence-corrected chi connectivity index (χ0v) is 18.7. The Kier molecular flexibility index (Phi) is 18.6. The van der Waals surface area contributed by atoms with Crippen LogP contribution in [0.1, 0.15) is 90.4 Å². The van der Waals surface area contributed by atoms with Gasteiger partial charge in [0.15, 0.2) is 0 Å². The Morgan fingerprint density at radius 3 is 2.10 bits per heavy atom. The fourth-order valence-corrected chi connectivity index (χ4v) is 3.13. The van der Waals surface area contributed by atoms with E-state index in [0.29, 0.717) is 18.6 Å². The van der Waals surface area contributed by atoms with E-state index in [0.717, 1.165) is 25.9 Å². The van der Waals surface area contributed by atoms with E-state index in [1.165, 1.54) is 71.0 Å². The Morgan fingerprint density at radius 2 is 1.62 bits per heavy atom. The van der Waals surface area contributed by atoms with E-state index in [1.54, 1.807) is 0 Å². The van der Waals surface area contributed by atoms with E-state index < -0.39 is 0 Å². The second-order valence-corrected chi connectivity index (χ2v) is 7.49. The molecule has 1 atom stereocenters. The van der Waals surface area contributed by atoms with Crippen LogP contribution in [-0.2, 0) is 23.8 Å². The molecule has 5 heteroatoms. The van der Waals surface area contributed by atoms with Gasteiger partial charge in [0.1, 0.15) is 0 Å². The van der Waals surface area contributed by atoms with E-state index in [4.69, 9.17) is 9.47 Å². The number of carbonyl (C=O) groups is 2. The van der Waals surface area contributed by atoms with Gasteiger partial charge in [-0.2, -0.15) is 0 Å². The van der Waals surface area contributed by atoms with Gasteiger partial charge in [-0.1, -0.05) is 77.9 Å². The Hall–Kier alpha value is -1.62. The van der Waals surface area contributed by atoms with Crippen molar-refractivity contribution >= 4 is 11.9 Å². The van der Waals surface area contributed by atoms with Crippen molar-refractivity contribution in [1.29, 1.82) is 0 Å². The average Bonchev–Trinajstić information content (AvgIpc) is 3.24. The molecule has 1 saturated heterocycles. The lowest BCUT2D eigenvalue weighted by atomic mass is 10.1. The fourth-order valence-electron chi connectivity index (χ4n) is 3.13. The van der Waals surface area contributed by atoms with E-state index in [-0.39, 0.29) is 18.0 Å². The number of carbonyl (C=O) groups excluding carboxylic acids is 2. The number of hydrogen-bond acceptors (Lipinski definition) is 5. The summed E-state index contributed by atoms with van der Waals surface area (Å²) in [5.41, 5.74) is 0.504. The van der Waals surface area contributed by atoms with E-state index in [9.17, 15) is 9.59 Å². The summed E-state index contributed by atoms with van der Waals surface area (Å²) >= 11 is 0. The molecule has 1 aliphatic rings. The minimum atomic E-state index is -0.328. The van der Waals surface area contributed by atoms with Crippen LogP contribution in [-0.4, -0.2) is 38.4 Å². The lowest BCUT2D eigenvalue weighted by molar-refractivity contribution is -0.138. The molecule has 0 aromatic carbocycles. The van der Waals surface area contributed by atoms with Crippen molar-refractivity contribution in [2.75, 3.05) is 20.3 Å². The van der Waals surface area contributed by atoms with E-state index in [1.807, 2.05) is 0 Å². The van der Waals surface area contributed by atoms with Crippen molar-refractivity contribution < 1.29 is 23.8 Å². The quantitative estimate of drug-likeness (QED) is 0.190. The average molecular weight is 411 g/mol. The number of unbranched alkanes of at least 4 members (excludes halogenated alkanes) is 9. The topological polar surface area (TPSA) is 61.8 Å². The highest BCUT2D eigenvalue weighted by Gasteiger charge is 2.19. The molecular formula is C24H42O5. The van der Waals surface area contributed by atoms with Gasteiger partial charge < -0.3 is 14.2 Å². The third-order valence-electron chi connectivity index (χ3n) is 4.88. The maximum atomic E-state index is 10.9. The van der Waals surface area contributed by atoms with Gasteiger partial charge in [0.2, 0.25) is 0 Å². The molecule has 0 aliphatic carbocycles. The lowest BCUT2D eigenvalue weighted by Gasteiger charge is -2.09. The molecule has 29 heavy (non-hydrogen) atoms. The van der Waals surface area contributed by atoms with E-state index in [2.05, 4.69) is 24.8 Å². The van der Waals surface area contributed by atoms with Gasteiger partial charge in [-0.3, -0.25) is 0 Å². The number of ether oxygens (including phenoxy) is 3. The summed E-state index contributed by atoms with van der Waals surface area (Å²) in [6.45, 7) is 10.6. The standard InChI is InChI=1S/C15H28O2.C9H14O3/c1-3-5-6-7-8-9-10-11-12-13-14-17-15(16)4-2;1-7(9(10)11-2)6-8-4-3-5-12-8/h4H,2-3,5-14H2,1H3;8H,1,3-6H2,2H3. The lowest BCUT2D eigenvalue weighted by Crippen LogP contribution is -2.12. The van der Waals surface area contributed by atoms with Crippen LogP contribution in [0.5, 0.6) is 0 Å². The van der Waals surface area contributed by atoms with Crippen molar-refractivity contribution in [3.8, 4) is 0 Å². The smallest absolute Gasteiger partial charge is 0.333 e. The first-order valence-electron chi connectivity index (χ1n) is 11.2. The summed E-state index contributed by atoms with van der Waals surface area (Å²) in [5.74, 6) is -0.633. The molecule has 5 nitrogen and oxygen atoms in total. The molecule has 168 valence electrons. The van der Waals surface area contributed by atoms with Gasteiger partial charge in [0, 0.05) is 24.7 Å². The third kappa shape index (κ3) is 17.0. The van der Waals surface area contributed by atoms with Crippen LogP contribution in [0.3, 0.4) is 0 Å². The number of rotatable bonds is 15. The largest absolute Gasteiger partial charge is 0.466 e. The molecule has 1 unspecified atom stereocenters. The molecular weight excluding hydrogens is 368 g/mol. The van der Waals surface area contributed by atoms with Crippen LogP contribution < -0.4 is 0 Å². The van der Waals surface area contributed by atoms with Gasteiger partial charge in [-0.15, -0.1) is 0 Å². The molecule has 0 bridgehead atoms. The summed E-state index contributed by atoms with van der Waals surface area (Å²) in [7, 11) is 1.36. The SMILES string of the molecule is C=C(CC1CCCO1)C(=O)OC.C=CC(=O)OCCCCCCCCCCCC. The van der Waals surface area contributed by atoms with Crippen LogP contribution in [0.25, 0.3) is 0 Å². The van der Waals surface area contributed by atoms with E-state index >= 15 is 0 Å². The van der Waals surface area contributed by atoms with Crippen molar-refractivity contribution in [1.82, 2.24) is 0 Å². The summed E-state index contributed by atoms with van der Waals surface area (Å²) < 4.78 is 14.8. The highest BCUT2D eigenvalue weighted by atomic mass is 16.5. The minimum Gasteiger partial charge on any atom is -0.466 e. The molecule has 0 radical (unpaired) electrons. The molecule has 0 aromatic rings. The maximum Gasteiger partial charge on any atom is 0.333 e. The molecule has 0 N–H and O–H groups in total. The van der Waals surface area contributed by atoms with Gasteiger partial charge in [-0.05, 0) is 19.3 Å². The molecule has 1 heterocycles. The maximum absolute atomic E-state index is 10.9. The summed E-state index contributed by atoms with van der Waals surface area (Å²) in [4.78, 5) is 21.7. The molecule has 1 rings (SSSR count). The summed E-state index contributed by atoms with van der Waals surface area (Å²) in [5, 5.41) is 0. The Bertz CT molecular complexity index is 452. The third-order valence-corrected chi connectivity index (χ3v) is 4.88. The fraction of sp³-hybridized carbons (Fsp3) is 0.750. The Balaban J connectivity index is 0.000000571. The predicted molar refractivity (Wildman–Crippen MR) is 118 cm³/mol. The number of hydrogen-bond donors (Lipinski definition) is 0. The van der Waals surface area contributed by atoms with Gasteiger partial charge in [0.25, 0.3) is 0 Å². The Labute approximate surface area is 177 Å². The first-order valence-corrected chi connectivity index (χ1v) is 11.2. The minimum absolute atomic E-state index is 0.177. The molecule has 0 spiro atoms. The number of esters is 2. The van der Waals surface area contributed by atoms with Gasteiger partial charge in [-0.25, -0.2) is 9.59 Å². The molecule has 0 amide bonds. The van der Waals surface area contributed by atoms with Gasteiger partial charge in [0.05, 0.1) is 19.8 Å². The monoisotopic (exact) mass is 410 g/mol. The normalized spacial score (nSPS) is 15.2. The number of methoxy groups -OCH3 is 1. The highest BCUT2D eigenvalue weighted by molar-refractivity contribution is 5.87.